The SMILES string of the molecule is CC(=O)SCCC#Cc1[nH]nc2ncccc12. The van der Waals surface area contributed by atoms with Crippen LogP contribution < -0.4 is 0 Å². The van der Waals surface area contributed by atoms with Gasteiger partial charge in [-0.3, -0.25) is 9.89 Å². The summed E-state index contributed by atoms with van der Waals surface area (Å²) in [6.45, 7) is 1.56. The molecule has 1 N–H and O–H groups in total. The van der Waals surface area contributed by atoms with E-state index < -0.39 is 0 Å². The zero-order valence-electron chi connectivity index (χ0n) is 9.36. The molecular weight excluding hydrogens is 234 g/mol. The summed E-state index contributed by atoms with van der Waals surface area (Å²) in [7, 11) is 0. The molecule has 2 aromatic heterocycles. The summed E-state index contributed by atoms with van der Waals surface area (Å²) in [5.74, 6) is 6.75. The second-order valence-electron chi connectivity index (χ2n) is 3.36. The van der Waals surface area contributed by atoms with Crippen LogP contribution >= 0.6 is 11.8 Å². The van der Waals surface area contributed by atoms with Crippen LogP contribution in [0.1, 0.15) is 19.0 Å². The lowest BCUT2D eigenvalue weighted by Crippen LogP contribution is -1.84. The molecule has 0 spiro atoms. The van der Waals surface area contributed by atoms with Gasteiger partial charge in [0.1, 0.15) is 5.69 Å². The van der Waals surface area contributed by atoms with E-state index in [1.165, 1.54) is 11.8 Å². The summed E-state index contributed by atoms with van der Waals surface area (Å²) in [6.07, 6.45) is 2.38. The molecule has 0 aliphatic rings. The standard InChI is InChI=1S/C12H11N3OS/c1-9(16)17-8-3-2-6-11-10-5-4-7-13-12(10)15-14-11/h4-5,7H,3,8H2,1H3,(H,13,14,15). The van der Waals surface area contributed by atoms with Crippen molar-refractivity contribution in [3.63, 3.8) is 0 Å². The highest BCUT2D eigenvalue weighted by molar-refractivity contribution is 8.13. The molecule has 0 radical (unpaired) electrons. The molecule has 0 fully saturated rings. The Bertz CT molecular complexity index is 594. The largest absolute Gasteiger partial charge is 0.288 e. The van der Waals surface area contributed by atoms with Gasteiger partial charge >= 0.3 is 0 Å². The fraction of sp³-hybridized carbons (Fsp3) is 0.250. The molecule has 5 heteroatoms. The lowest BCUT2D eigenvalue weighted by molar-refractivity contribution is -0.109. The van der Waals surface area contributed by atoms with E-state index in [0.29, 0.717) is 12.1 Å². The molecule has 2 rings (SSSR count). The van der Waals surface area contributed by atoms with E-state index in [9.17, 15) is 4.79 Å². The number of thioether (sulfide) groups is 1. The summed E-state index contributed by atoms with van der Waals surface area (Å²) in [5.41, 5.74) is 1.45. The normalized spacial score (nSPS) is 9.94. The van der Waals surface area contributed by atoms with Crippen molar-refractivity contribution in [2.45, 2.75) is 13.3 Å². The Morgan fingerprint density at radius 2 is 2.47 bits per heavy atom. The van der Waals surface area contributed by atoms with Crippen molar-refractivity contribution in [2.24, 2.45) is 0 Å². The Kier molecular flexibility index (Phi) is 3.78. The maximum Gasteiger partial charge on any atom is 0.185 e. The van der Waals surface area contributed by atoms with Gasteiger partial charge in [0.05, 0.1) is 5.39 Å². The van der Waals surface area contributed by atoms with Crippen molar-refractivity contribution in [1.29, 1.82) is 0 Å². The van der Waals surface area contributed by atoms with Gasteiger partial charge in [0.25, 0.3) is 0 Å². The number of pyridine rings is 1. The Balaban J connectivity index is 2.04. The number of carbonyl (C=O) groups is 1. The number of hydrogen-bond donors (Lipinski definition) is 1. The first-order chi connectivity index (χ1) is 8.27. The van der Waals surface area contributed by atoms with E-state index in [2.05, 4.69) is 27.0 Å². The number of nitrogens with one attached hydrogen (secondary N) is 1. The number of hydrogen-bond acceptors (Lipinski definition) is 4. The first kappa shape index (κ1) is 11.7. The zero-order valence-corrected chi connectivity index (χ0v) is 10.2. The first-order valence-electron chi connectivity index (χ1n) is 5.18. The highest BCUT2D eigenvalue weighted by atomic mass is 32.2. The summed E-state index contributed by atoms with van der Waals surface area (Å²) < 4.78 is 0. The Morgan fingerprint density at radius 3 is 3.29 bits per heavy atom. The number of rotatable bonds is 2. The van der Waals surface area contributed by atoms with Crippen LogP contribution in [-0.2, 0) is 4.79 Å². The highest BCUT2D eigenvalue weighted by Crippen LogP contribution is 2.11. The summed E-state index contributed by atoms with van der Waals surface area (Å²) in [5, 5.41) is 7.96. The number of fused-ring (bicyclic) bond motifs is 1. The zero-order chi connectivity index (χ0) is 12.1. The van der Waals surface area contributed by atoms with Crippen LogP contribution in [0.25, 0.3) is 11.0 Å². The average molecular weight is 245 g/mol. The maximum absolute atomic E-state index is 10.7. The molecule has 2 aromatic rings. The van der Waals surface area contributed by atoms with Gasteiger partial charge in [-0.15, -0.1) is 0 Å². The van der Waals surface area contributed by atoms with E-state index in [-0.39, 0.29) is 5.12 Å². The third-order valence-corrected chi connectivity index (χ3v) is 2.89. The predicted octanol–water partition coefficient (Wildman–Crippen LogP) is 1.98. The van der Waals surface area contributed by atoms with Gasteiger partial charge in [0.15, 0.2) is 10.8 Å². The number of aromatic nitrogens is 3. The van der Waals surface area contributed by atoms with Gasteiger partial charge in [0, 0.05) is 25.3 Å². The van der Waals surface area contributed by atoms with E-state index in [0.717, 1.165) is 16.8 Å². The Hall–Kier alpha value is -1.80. The topological polar surface area (TPSA) is 58.6 Å². The van der Waals surface area contributed by atoms with Gasteiger partial charge in [-0.25, -0.2) is 4.98 Å². The minimum absolute atomic E-state index is 0.128. The smallest absolute Gasteiger partial charge is 0.185 e. The monoisotopic (exact) mass is 245 g/mol. The quantitative estimate of drug-likeness (QED) is 0.649. The van der Waals surface area contributed by atoms with Crippen LogP contribution in [0.4, 0.5) is 0 Å². The van der Waals surface area contributed by atoms with Gasteiger partial charge in [0.2, 0.25) is 0 Å². The van der Waals surface area contributed by atoms with Crippen LogP contribution in [-0.4, -0.2) is 26.0 Å². The molecule has 0 aromatic carbocycles. The average Bonchev–Trinajstić information content (AvgIpc) is 2.72. The molecule has 0 saturated heterocycles. The lowest BCUT2D eigenvalue weighted by atomic mass is 10.2. The van der Waals surface area contributed by atoms with Crippen molar-refractivity contribution in [3.05, 3.63) is 24.0 Å². The van der Waals surface area contributed by atoms with Crippen molar-refractivity contribution >= 4 is 27.9 Å². The van der Waals surface area contributed by atoms with E-state index in [4.69, 9.17) is 0 Å². The van der Waals surface area contributed by atoms with Crippen molar-refractivity contribution < 1.29 is 4.79 Å². The molecule has 2 heterocycles. The van der Waals surface area contributed by atoms with Crippen LogP contribution in [0.5, 0.6) is 0 Å². The predicted molar refractivity (Wildman–Crippen MR) is 68.5 cm³/mol. The van der Waals surface area contributed by atoms with Crippen molar-refractivity contribution in [2.75, 3.05) is 5.75 Å². The van der Waals surface area contributed by atoms with Crippen molar-refractivity contribution in [3.8, 4) is 11.8 Å². The highest BCUT2D eigenvalue weighted by Gasteiger charge is 2.01. The molecule has 0 aliphatic heterocycles. The van der Waals surface area contributed by atoms with Gasteiger partial charge < -0.3 is 0 Å². The fourth-order valence-corrected chi connectivity index (χ4v) is 1.83. The molecule has 0 aliphatic carbocycles. The van der Waals surface area contributed by atoms with Crippen LogP contribution in [0.3, 0.4) is 0 Å². The first-order valence-corrected chi connectivity index (χ1v) is 6.17. The molecule has 0 bridgehead atoms. The molecule has 86 valence electrons. The van der Waals surface area contributed by atoms with Crippen LogP contribution in [0, 0.1) is 11.8 Å². The molecule has 0 atom stereocenters. The fourth-order valence-electron chi connectivity index (χ4n) is 1.34. The number of nitrogens with zero attached hydrogens (tertiary/aromatic N) is 2. The second-order valence-corrected chi connectivity index (χ2v) is 4.64. The summed E-state index contributed by atoms with van der Waals surface area (Å²) >= 11 is 1.29. The Morgan fingerprint density at radius 1 is 1.59 bits per heavy atom. The lowest BCUT2D eigenvalue weighted by Gasteiger charge is -1.88. The molecule has 0 unspecified atom stereocenters. The van der Waals surface area contributed by atoms with Crippen LogP contribution in [0.15, 0.2) is 18.3 Å². The van der Waals surface area contributed by atoms with Gasteiger partial charge in [-0.1, -0.05) is 17.7 Å². The van der Waals surface area contributed by atoms with Crippen LogP contribution in [0.2, 0.25) is 0 Å². The van der Waals surface area contributed by atoms with E-state index in [1.807, 2.05) is 12.1 Å². The second kappa shape index (κ2) is 5.51. The van der Waals surface area contributed by atoms with E-state index >= 15 is 0 Å². The summed E-state index contributed by atoms with van der Waals surface area (Å²) in [6, 6.07) is 3.79. The van der Waals surface area contributed by atoms with Crippen molar-refractivity contribution in [1.82, 2.24) is 15.2 Å². The molecular formula is C12H11N3OS. The molecule has 17 heavy (non-hydrogen) atoms. The minimum atomic E-state index is 0.128. The third kappa shape index (κ3) is 3.08. The maximum atomic E-state index is 10.7. The third-order valence-electron chi connectivity index (χ3n) is 2.08. The molecule has 0 amide bonds. The van der Waals surface area contributed by atoms with Gasteiger partial charge in [-0.2, -0.15) is 5.10 Å². The Labute approximate surface area is 103 Å². The molecule has 4 nitrogen and oxygen atoms in total. The van der Waals surface area contributed by atoms with Gasteiger partial charge in [-0.05, 0) is 18.1 Å². The number of aromatic amines is 1. The summed E-state index contributed by atoms with van der Waals surface area (Å²) in [4.78, 5) is 14.8. The minimum Gasteiger partial charge on any atom is -0.288 e. The number of carbonyl (C=O) groups excluding carboxylic acids is 1. The van der Waals surface area contributed by atoms with E-state index in [1.54, 1.807) is 13.1 Å². The molecule has 0 saturated carbocycles. The number of H-pyrrole nitrogens is 1.